The van der Waals surface area contributed by atoms with E-state index < -0.39 is 0 Å². The number of hydrogen-bond donors (Lipinski definition) is 1. The fourth-order valence-electron chi connectivity index (χ4n) is 3.27. The summed E-state index contributed by atoms with van der Waals surface area (Å²) in [5.41, 5.74) is 4.25. The van der Waals surface area contributed by atoms with Gasteiger partial charge in [0.2, 0.25) is 0 Å². The Kier molecular flexibility index (Phi) is 2.52. The number of hydrogen-bond acceptors (Lipinski definition) is 2. The van der Waals surface area contributed by atoms with E-state index >= 15 is 0 Å². The summed E-state index contributed by atoms with van der Waals surface area (Å²) in [6.45, 7) is -0.0430. The lowest BCUT2D eigenvalue weighted by Crippen LogP contribution is -2.15. The van der Waals surface area contributed by atoms with Crippen LogP contribution in [0.25, 0.3) is 0 Å². The Bertz CT molecular complexity index is 389. The average molecular weight is 215 g/mol. The van der Waals surface area contributed by atoms with E-state index in [9.17, 15) is 0 Å². The molecule has 0 aromatic heterocycles. The van der Waals surface area contributed by atoms with Crippen LogP contribution in [0, 0.1) is 11.8 Å². The number of benzene rings is 1. The maximum Gasteiger partial charge on any atom is 0.134 e. The zero-order chi connectivity index (χ0) is 11.0. The largest absolute Gasteiger partial charge is 0.375 e. The molecule has 0 spiro atoms. The molecule has 0 radical (unpaired) electrons. The van der Waals surface area contributed by atoms with Crippen molar-refractivity contribution in [2.75, 3.05) is 6.73 Å². The number of fused-ring (bicyclic) bond motifs is 3. The number of aliphatic hydroxyl groups is 1. The van der Waals surface area contributed by atoms with Crippen molar-refractivity contribution in [3.05, 3.63) is 35.4 Å². The van der Waals surface area contributed by atoms with Gasteiger partial charge in [-0.25, -0.2) is 0 Å². The van der Waals surface area contributed by atoms with E-state index in [1.54, 1.807) is 0 Å². The summed E-state index contributed by atoms with van der Waals surface area (Å²) in [6.07, 6.45) is 4.73. The van der Waals surface area contributed by atoms with Crippen LogP contribution in [-0.4, -0.2) is 17.5 Å². The summed E-state index contributed by atoms with van der Waals surface area (Å²) >= 11 is 0. The van der Waals surface area contributed by atoms with Gasteiger partial charge in [0, 0.05) is 17.5 Å². The van der Waals surface area contributed by atoms with Crippen LogP contribution < -0.4 is 0 Å². The molecule has 16 heavy (non-hydrogen) atoms. The van der Waals surface area contributed by atoms with E-state index in [1.807, 2.05) is 0 Å². The van der Waals surface area contributed by atoms with Crippen LogP contribution in [-0.2, 0) is 12.8 Å². The lowest BCUT2D eigenvalue weighted by Gasteiger charge is -2.11. The first-order chi connectivity index (χ1) is 7.88. The molecular formula is C14H17NO. The van der Waals surface area contributed by atoms with E-state index in [0.29, 0.717) is 11.8 Å². The van der Waals surface area contributed by atoms with Crippen LogP contribution >= 0.6 is 0 Å². The first kappa shape index (κ1) is 10.0. The minimum absolute atomic E-state index is 0.0430. The van der Waals surface area contributed by atoms with Crippen molar-refractivity contribution in [1.82, 2.24) is 0 Å². The Labute approximate surface area is 96.0 Å². The molecule has 2 aliphatic carbocycles. The van der Waals surface area contributed by atoms with Gasteiger partial charge in [0.05, 0.1) is 0 Å². The van der Waals surface area contributed by atoms with Crippen molar-refractivity contribution < 1.29 is 5.11 Å². The number of rotatable bonds is 1. The minimum Gasteiger partial charge on any atom is -0.375 e. The zero-order valence-corrected chi connectivity index (χ0v) is 9.39. The Morgan fingerprint density at radius 3 is 2.12 bits per heavy atom. The highest BCUT2D eigenvalue weighted by atomic mass is 16.3. The van der Waals surface area contributed by atoms with Gasteiger partial charge in [-0.3, -0.25) is 4.99 Å². The van der Waals surface area contributed by atoms with Gasteiger partial charge in [-0.1, -0.05) is 24.3 Å². The van der Waals surface area contributed by atoms with Crippen LogP contribution in [0.1, 0.15) is 24.0 Å². The van der Waals surface area contributed by atoms with Gasteiger partial charge in [0.1, 0.15) is 6.73 Å². The predicted molar refractivity (Wildman–Crippen MR) is 64.6 cm³/mol. The summed E-state index contributed by atoms with van der Waals surface area (Å²) in [4.78, 5) is 4.32. The van der Waals surface area contributed by atoms with Crippen molar-refractivity contribution in [3.8, 4) is 0 Å². The Balaban J connectivity index is 1.99. The summed E-state index contributed by atoms with van der Waals surface area (Å²) in [6, 6.07) is 8.74. The normalized spacial score (nSPS) is 27.4. The molecule has 1 aromatic rings. The third-order valence-corrected chi connectivity index (χ3v) is 4.00. The average Bonchev–Trinajstić information content (AvgIpc) is 2.57. The second-order valence-corrected chi connectivity index (χ2v) is 4.87. The molecule has 1 N–H and O–H groups in total. The van der Waals surface area contributed by atoms with Crippen LogP contribution in [0.3, 0.4) is 0 Å². The molecule has 1 saturated carbocycles. The smallest absolute Gasteiger partial charge is 0.134 e. The number of nitrogens with zero attached hydrogens (tertiary/aromatic N) is 1. The summed E-state index contributed by atoms with van der Waals surface area (Å²) in [5, 5.41) is 9.00. The second kappa shape index (κ2) is 4.02. The highest BCUT2D eigenvalue weighted by Crippen LogP contribution is 2.37. The Hall–Kier alpha value is -1.15. The molecule has 2 atom stereocenters. The molecule has 2 nitrogen and oxygen atoms in total. The molecule has 2 aliphatic rings. The quantitative estimate of drug-likeness (QED) is 0.765. The maximum atomic E-state index is 9.00. The first-order valence-corrected chi connectivity index (χ1v) is 6.10. The SMILES string of the molecule is OCN=C1C2CCC1Cc1ccccc1C2. The monoisotopic (exact) mass is 215 g/mol. The van der Waals surface area contributed by atoms with Crippen LogP contribution in [0.2, 0.25) is 0 Å². The maximum absolute atomic E-state index is 9.00. The molecule has 2 bridgehead atoms. The van der Waals surface area contributed by atoms with E-state index in [0.717, 1.165) is 12.8 Å². The van der Waals surface area contributed by atoms with E-state index in [-0.39, 0.29) is 6.73 Å². The van der Waals surface area contributed by atoms with Gasteiger partial charge >= 0.3 is 0 Å². The molecule has 3 rings (SSSR count). The van der Waals surface area contributed by atoms with Gasteiger partial charge in [-0.15, -0.1) is 0 Å². The molecule has 0 saturated heterocycles. The summed E-state index contributed by atoms with van der Waals surface area (Å²) in [5.74, 6) is 1.17. The van der Waals surface area contributed by atoms with Crippen LogP contribution in [0.5, 0.6) is 0 Å². The fraction of sp³-hybridized carbons (Fsp3) is 0.500. The van der Waals surface area contributed by atoms with Crippen molar-refractivity contribution in [2.45, 2.75) is 25.7 Å². The lowest BCUT2D eigenvalue weighted by atomic mass is 9.94. The van der Waals surface area contributed by atoms with Crippen LogP contribution in [0.15, 0.2) is 29.3 Å². The van der Waals surface area contributed by atoms with Crippen molar-refractivity contribution >= 4 is 5.71 Å². The molecule has 2 unspecified atom stereocenters. The second-order valence-electron chi connectivity index (χ2n) is 4.87. The zero-order valence-electron chi connectivity index (χ0n) is 9.39. The van der Waals surface area contributed by atoms with Gasteiger partial charge in [0.25, 0.3) is 0 Å². The van der Waals surface area contributed by atoms with Gasteiger partial charge in [-0.05, 0) is 36.8 Å². The standard InChI is InChI=1S/C14H17NO/c16-9-15-14-12-5-6-13(14)8-11-4-2-1-3-10(11)7-12/h1-4,12-13,16H,5-9H2. The van der Waals surface area contributed by atoms with Crippen LogP contribution in [0.4, 0.5) is 0 Å². The van der Waals surface area contributed by atoms with Crippen molar-refractivity contribution in [2.24, 2.45) is 16.8 Å². The summed E-state index contributed by atoms with van der Waals surface area (Å²) in [7, 11) is 0. The number of aliphatic hydroxyl groups excluding tert-OH is 1. The highest BCUT2D eigenvalue weighted by molar-refractivity contribution is 5.91. The number of aliphatic imine (C=N–C) groups is 1. The van der Waals surface area contributed by atoms with Gasteiger partial charge < -0.3 is 5.11 Å². The molecule has 1 fully saturated rings. The third-order valence-electron chi connectivity index (χ3n) is 4.00. The van der Waals surface area contributed by atoms with Crippen molar-refractivity contribution in [1.29, 1.82) is 0 Å². The molecule has 0 amide bonds. The highest BCUT2D eigenvalue weighted by Gasteiger charge is 2.35. The molecule has 0 heterocycles. The lowest BCUT2D eigenvalue weighted by molar-refractivity contribution is 0.308. The van der Waals surface area contributed by atoms with Gasteiger partial charge in [0.15, 0.2) is 0 Å². The predicted octanol–water partition coefficient (Wildman–Crippen LogP) is 2.20. The molecular weight excluding hydrogens is 198 g/mol. The third kappa shape index (κ3) is 1.57. The molecule has 84 valence electrons. The Morgan fingerprint density at radius 2 is 1.62 bits per heavy atom. The van der Waals surface area contributed by atoms with Crippen molar-refractivity contribution in [3.63, 3.8) is 0 Å². The molecule has 1 aromatic carbocycles. The first-order valence-electron chi connectivity index (χ1n) is 6.10. The summed E-state index contributed by atoms with van der Waals surface area (Å²) < 4.78 is 0. The van der Waals surface area contributed by atoms with Gasteiger partial charge in [-0.2, -0.15) is 0 Å². The van der Waals surface area contributed by atoms with E-state index in [2.05, 4.69) is 29.3 Å². The minimum atomic E-state index is -0.0430. The van der Waals surface area contributed by atoms with E-state index in [4.69, 9.17) is 5.11 Å². The Morgan fingerprint density at radius 1 is 1.06 bits per heavy atom. The topological polar surface area (TPSA) is 32.6 Å². The fourth-order valence-corrected chi connectivity index (χ4v) is 3.27. The molecule has 0 aliphatic heterocycles. The molecule has 2 heteroatoms. The van der Waals surface area contributed by atoms with E-state index in [1.165, 1.54) is 29.7 Å².